The molecule has 0 aromatic heterocycles. The Bertz CT molecular complexity index is 177. The number of ether oxygens (including phenoxy) is 1. The maximum atomic E-state index is 10.9. The molecule has 68 valence electrons. The van der Waals surface area contributed by atoms with Crippen LogP contribution in [0.3, 0.4) is 0 Å². The summed E-state index contributed by atoms with van der Waals surface area (Å²) in [6, 6.07) is 0. The van der Waals surface area contributed by atoms with Crippen molar-refractivity contribution in [3.63, 3.8) is 0 Å². The number of esters is 1. The predicted molar refractivity (Wildman–Crippen MR) is 42.3 cm³/mol. The SMILES string of the molecule is CC(OC(=O)CNC=O)C1CC1. The fraction of sp³-hybridized carbons (Fsp3) is 0.750. The minimum Gasteiger partial charge on any atom is -0.461 e. The fourth-order valence-electron chi connectivity index (χ4n) is 1.04. The lowest BCUT2D eigenvalue weighted by Crippen LogP contribution is -2.27. The molecule has 1 aliphatic rings. The second-order valence-electron chi connectivity index (χ2n) is 3.03. The van der Waals surface area contributed by atoms with Crippen molar-refractivity contribution >= 4 is 12.4 Å². The molecule has 0 radical (unpaired) electrons. The number of hydrogen-bond acceptors (Lipinski definition) is 3. The van der Waals surface area contributed by atoms with E-state index in [1.54, 1.807) is 0 Å². The van der Waals surface area contributed by atoms with Gasteiger partial charge in [-0.05, 0) is 25.7 Å². The van der Waals surface area contributed by atoms with Crippen molar-refractivity contribution in [1.82, 2.24) is 5.32 Å². The number of carbonyl (C=O) groups is 2. The van der Waals surface area contributed by atoms with Gasteiger partial charge in [-0.25, -0.2) is 0 Å². The summed E-state index contributed by atoms with van der Waals surface area (Å²) in [5.41, 5.74) is 0. The minimum atomic E-state index is -0.360. The molecule has 1 rings (SSSR count). The topological polar surface area (TPSA) is 55.4 Å². The first-order chi connectivity index (χ1) is 5.74. The Balaban J connectivity index is 2.11. The Hall–Kier alpha value is -1.06. The molecule has 12 heavy (non-hydrogen) atoms. The fourth-order valence-corrected chi connectivity index (χ4v) is 1.04. The van der Waals surface area contributed by atoms with E-state index in [-0.39, 0.29) is 18.6 Å². The van der Waals surface area contributed by atoms with Crippen molar-refractivity contribution in [2.24, 2.45) is 5.92 Å². The monoisotopic (exact) mass is 171 g/mol. The summed E-state index contributed by atoms with van der Waals surface area (Å²) in [6.07, 6.45) is 2.79. The molecule has 1 fully saturated rings. The van der Waals surface area contributed by atoms with Gasteiger partial charge < -0.3 is 10.1 Å². The number of nitrogens with one attached hydrogen (secondary N) is 1. The van der Waals surface area contributed by atoms with Crippen molar-refractivity contribution in [3.8, 4) is 0 Å². The maximum Gasteiger partial charge on any atom is 0.325 e. The zero-order chi connectivity index (χ0) is 8.97. The van der Waals surface area contributed by atoms with Gasteiger partial charge in [0.2, 0.25) is 6.41 Å². The smallest absolute Gasteiger partial charge is 0.325 e. The van der Waals surface area contributed by atoms with Crippen LogP contribution in [0.25, 0.3) is 0 Å². The van der Waals surface area contributed by atoms with E-state index in [0.717, 1.165) is 12.8 Å². The molecule has 4 nitrogen and oxygen atoms in total. The summed E-state index contributed by atoms with van der Waals surface area (Å²) >= 11 is 0. The van der Waals surface area contributed by atoms with Crippen LogP contribution in [0.4, 0.5) is 0 Å². The van der Waals surface area contributed by atoms with E-state index in [4.69, 9.17) is 4.74 Å². The van der Waals surface area contributed by atoms with Crippen LogP contribution in [0.5, 0.6) is 0 Å². The van der Waals surface area contributed by atoms with Crippen molar-refractivity contribution < 1.29 is 14.3 Å². The molecule has 4 heteroatoms. The van der Waals surface area contributed by atoms with E-state index < -0.39 is 0 Å². The van der Waals surface area contributed by atoms with Crippen LogP contribution in [-0.2, 0) is 14.3 Å². The minimum absolute atomic E-state index is 0.00551. The van der Waals surface area contributed by atoms with Crippen molar-refractivity contribution in [1.29, 1.82) is 0 Å². The molecule has 1 unspecified atom stereocenters. The van der Waals surface area contributed by atoms with Gasteiger partial charge in [0.25, 0.3) is 0 Å². The van der Waals surface area contributed by atoms with Crippen LogP contribution in [0.15, 0.2) is 0 Å². The van der Waals surface area contributed by atoms with Gasteiger partial charge in [0.15, 0.2) is 0 Å². The van der Waals surface area contributed by atoms with Crippen LogP contribution in [0.2, 0.25) is 0 Å². The van der Waals surface area contributed by atoms with Crippen molar-refractivity contribution in [2.45, 2.75) is 25.9 Å². The van der Waals surface area contributed by atoms with E-state index in [1.165, 1.54) is 0 Å². The zero-order valence-corrected chi connectivity index (χ0v) is 7.08. The Morgan fingerprint density at radius 2 is 2.42 bits per heavy atom. The molecule has 1 aliphatic carbocycles. The Morgan fingerprint density at radius 1 is 1.75 bits per heavy atom. The van der Waals surface area contributed by atoms with Crippen LogP contribution in [-0.4, -0.2) is 25.0 Å². The average molecular weight is 171 g/mol. The standard InChI is InChI=1S/C8H13NO3/c1-6(7-2-3-7)12-8(11)4-9-5-10/h5-7H,2-4H2,1H3,(H,9,10). The van der Waals surface area contributed by atoms with Gasteiger partial charge in [-0.2, -0.15) is 0 Å². The quantitative estimate of drug-likeness (QED) is 0.470. The maximum absolute atomic E-state index is 10.9. The molecular formula is C8H13NO3. The van der Waals surface area contributed by atoms with Crippen molar-refractivity contribution in [3.05, 3.63) is 0 Å². The Labute approximate surface area is 71.3 Å². The lowest BCUT2D eigenvalue weighted by Gasteiger charge is -2.11. The number of carbonyl (C=O) groups excluding carboxylic acids is 2. The number of amides is 1. The molecule has 1 atom stereocenters. The van der Waals surface area contributed by atoms with Gasteiger partial charge in [-0.3, -0.25) is 9.59 Å². The van der Waals surface area contributed by atoms with Gasteiger partial charge in [-0.1, -0.05) is 0 Å². The van der Waals surface area contributed by atoms with E-state index in [2.05, 4.69) is 5.32 Å². The highest BCUT2D eigenvalue weighted by Crippen LogP contribution is 2.33. The molecule has 1 N–H and O–H groups in total. The average Bonchev–Trinajstić information content (AvgIpc) is 2.82. The van der Waals surface area contributed by atoms with Crippen LogP contribution >= 0.6 is 0 Å². The van der Waals surface area contributed by atoms with E-state index in [9.17, 15) is 9.59 Å². The molecule has 0 heterocycles. The van der Waals surface area contributed by atoms with Gasteiger partial charge >= 0.3 is 5.97 Å². The Kier molecular flexibility index (Phi) is 3.08. The largest absolute Gasteiger partial charge is 0.461 e. The third kappa shape index (κ3) is 2.90. The summed E-state index contributed by atoms with van der Waals surface area (Å²) in [6.45, 7) is 1.86. The zero-order valence-electron chi connectivity index (χ0n) is 7.08. The normalized spacial score (nSPS) is 18.1. The highest BCUT2D eigenvalue weighted by molar-refractivity contribution is 5.74. The molecule has 1 amide bonds. The highest BCUT2D eigenvalue weighted by atomic mass is 16.5. The summed E-state index contributed by atoms with van der Waals surface area (Å²) in [5, 5.41) is 2.26. The molecule has 0 aromatic rings. The van der Waals surface area contributed by atoms with Gasteiger partial charge in [0.05, 0.1) is 0 Å². The molecule has 0 bridgehead atoms. The first-order valence-electron chi connectivity index (χ1n) is 4.10. The van der Waals surface area contributed by atoms with Crippen LogP contribution < -0.4 is 5.32 Å². The molecule has 0 spiro atoms. The highest BCUT2D eigenvalue weighted by Gasteiger charge is 2.30. The second-order valence-corrected chi connectivity index (χ2v) is 3.03. The lowest BCUT2D eigenvalue weighted by molar-refractivity contribution is -0.148. The molecule has 0 aromatic carbocycles. The molecule has 0 saturated heterocycles. The second kappa shape index (κ2) is 4.09. The van der Waals surface area contributed by atoms with E-state index >= 15 is 0 Å². The number of rotatable bonds is 5. The van der Waals surface area contributed by atoms with Gasteiger partial charge in [-0.15, -0.1) is 0 Å². The summed E-state index contributed by atoms with van der Waals surface area (Å²) in [4.78, 5) is 20.7. The summed E-state index contributed by atoms with van der Waals surface area (Å²) in [7, 11) is 0. The van der Waals surface area contributed by atoms with Gasteiger partial charge in [0.1, 0.15) is 12.6 Å². The van der Waals surface area contributed by atoms with E-state index in [0.29, 0.717) is 12.3 Å². The molecular weight excluding hydrogens is 158 g/mol. The first kappa shape index (κ1) is 9.03. The van der Waals surface area contributed by atoms with Crippen LogP contribution in [0, 0.1) is 5.92 Å². The first-order valence-corrected chi connectivity index (χ1v) is 4.10. The molecule has 0 aliphatic heterocycles. The van der Waals surface area contributed by atoms with E-state index in [1.807, 2.05) is 6.92 Å². The van der Waals surface area contributed by atoms with Gasteiger partial charge in [0, 0.05) is 0 Å². The predicted octanol–water partition coefficient (Wildman–Crippen LogP) is 0.0741. The Morgan fingerprint density at radius 3 is 2.92 bits per heavy atom. The lowest BCUT2D eigenvalue weighted by atomic mass is 10.3. The van der Waals surface area contributed by atoms with Crippen molar-refractivity contribution in [2.75, 3.05) is 6.54 Å². The summed E-state index contributed by atoms with van der Waals surface area (Å²) in [5.74, 6) is 0.187. The van der Waals surface area contributed by atoms with Crippen LogP contribution in [0.1, 0.15) is 19.8 Å². The number of hydrogen-bond donors (Lipinski definition) is 1. The summed E-state index contributed by atoms with van der Waals surface area (Å²) < 4.78 is 5.02. The molecule has 1 saturated carbocycles. The third-order valence-electron chi connectivity index (χ3n) is 1.93. The third-order valence-corrected chi connectivity index (χ3v) is 1.93.